The molecule has 7 nitrogen and oxygen atoms in total. The minimum atomic E-state index is -0.170. The van der Waals surface area contributed by atoms with Gasteiger partial charge in [-0.15, -0.1) is 0 Å². The molecule has 1 amide bonds. The lowest BCUT2D eigenvalue weighted by Gasteiger charge is -2.52. The largest absolute Gasteiger partial charge is 0.447 e. The zero-order valence-electron chi connectivity index (χ0n) is 17.4. The molecule has 2 aliphatic rings. The maximum Gasteiger partial charge on any atom is 0.410 e. The number of ether oxygens (including phenoxy) is 1. The topological polar surface area (TPSA) is 53.8 Å². The first-order valence-corrected chi connectivity index (χ1v) is 10.3. The molecule has 2 aliphatic heterocycles. The van der Waals surface area contributed by atoms with E-state index in [4.69, 9.17) is 4.74 Å². The van der Waals surface area contributed by atoms with Crippen molar-refractivity contribution in [2.45, 2.75) is 64.8 Å². The zero-order valence-corrected chi connectivity index (χ0v) is 17.4. The van der Waals surface area contributed by atoms with E-state index in [1.807, 2.05) is 24.9 Å². The van der Waals surface area contributed by atoms with E-state index < -0.39 is 0 Å². The Morgan fingerprint density at radius 1 is 1.26 bits per heavy atom. The molecule has 3 heterocycles. The monoisotopic (exact) mass is 377 g/mol. The van der Waals surface area contributed by atoms with Crippen LogP contribution in [-0.2, 0) is 17.8 Å². The van der Waals surface area contributed by atoms with Gasteiger partial charge in [0.05, 0.1) is 12.6 Å². The normalized spacial score (nSPS) is 21.1. The van der Waals surface area contributed by atoms with E-state index in [0.29, 0.717) is 0 Å². The molecular formula is C20H35N5O2. The van der Waals surface area contributed by atoms with Crippen LogP contribution in [0, 0.1) is 0 Å². The Morgan fingerprint density at radius 2 is 2.00 bits per heavy atom. The second-order valence-electron chi connectivity index (χ2n) is 8.31. The maximum absolute atomic E-state index is 12.2. The number of likely N-dealkylation sites (tertiary alicyclic amines) is 1. The average Bonchev–Trinajstić information content (AvgIpc) is 3.05. The summed E-state index contributed by atoms with van der Waals surface area (Å²) in [6, 6.07) is 0. The SMILES string of the molecule is CCCn1ccnc1CN1CCN(C)C2(CCN(C(=O)OC(C)C)CC2)C1. The van der Waals surface area contributed by atoms with Crippen LogP contribution in [0.1, 0.15) is 45.9 Å². The molecule has 3 rings (SSSR count). The summed E-state index contributed by atoms with van der Waals surface area (Å²) in [6.07, 6.45) is 6.88. The summed E-state index contributed by atoms with van der Waals surface area (Å²) in [5.74, 6) is 1.16. The van der Waals surface area contributed by atoms with Gasteiger partial charge in [0.1, 0.15) is 5.82 Å². The van der Waals surface area contributed by atoms with Crippen LogP contribution in [0.25, 0.3) is 0 Å². The van der Waals surface area contributed by atoms with Gasteiger partial charge in [0.25, 0.3) is 0 Å². The Morgan fingerprint density at radius 3 is 2.67 bits per heavy atom. The van der Waals surface area contributed by atoms with Gasteiger partial charge >= 0.3 is 6.09 Å². The number of likely N-dealkylation sites (N-methyl/N-ethyl adjacent to an activating group) is 1. The van der Waals surface area contributed by atoms with Crippen molar-refractivity contribution in [2.24, 2.45) is 0 Å². The van der Waals surface area contributed by atoms with Crippen LogP contribution in [0.15, 0.2) is 12.4 Å². The number of piperidine rings is 1. The Hall–Kier alpha value is -1.60. The van der Waals surface area contributed by atoms with Gasteiger partial charge < -0.3 is 14.2 Å². The summed E-state index contributed by atoms with van der Waals surface area (Å²) in [6.45, 7) is 12.6. The standard InChI is InChI=1S/C20H35N5O2/c1-5-9-24-12-8-21-18(24)15-23-14-13-22(4)20(16-23)6-10-25(11-7-20)19(26)27-17(2)3/h8,12,17H,5-7,9-11,13-16H2,1-4H3. The Labute approximate surface area is 163 Å². The number of carbonyl (C=O) groups excluding carboxylic acids is 1. The summed E-state index contributed by atoms with van der Waals surface area (Å²) in [5, 5.41) is 0. The fourth-order valence-electron chi connectivity index (χ4n) is 4.34. The van der Waals surface area contributed by atoms with Gasteiger partial charge in [-0.1, -0.05) is 6.92 Å². The van der Waals surface area contributed by atoms with Gasteiger partial charge in [0.15, 0.2) is 0 Å². The molecule has 0 N–H and O–H groups in total. The number of aromatic nitrogens is 2. The first kappa shape index (κ1) is 20.1. The minimum Gasteiger partial charge on any atom is -0.447 e. The molecule has 0 radical (unpaired) electrons. The number of piperazine rings is 1. The highest BCUT2D eigenvalue weighted by molar-refractivity contribution is 5.67. The first-order chi connectivity index (χ1) is 12.9. The smallest absolute Gasteiger partial charge is 0.410 e. The van der Waals surface area contributed by atoms with Gasteiger partial charge in [0, 0.05) is 57.2 Å². The number of aryl methyl sites for hydroxylation is 1. The first-order valence-electron chi connectivity index (χ1n) is 10.3. The number of nitrogens with zero attached hydrogens (tertiary/aromatic N) is 5. The lowest BCUT2D eigenvalue weighted by molar-refractivity contribution is -0.0315. The van der Waals surface area contributed by atoms with Crippen LogP contribution < -0.4 is 0 Å². The number of hydrogen-bond donors (Lipinski definition) is 0. The van der Waals surface area contributed by atoms with E-state index in [9.17, 15) is 4.79 Å². The molecule has 0 bridgehead atoms. The van der Waals surface area contributed by atoms with Crippen LogP contribution in [0.2, 0.25) is 0 Å². The van der Waals surface area contributed by atoms with E-state index in [2.05, 4.69) is 39.5 Å². The van der Waals surface area contributed by atoms with E-state index in [0.717, 1.165) is 70.9 Å². The number of amides is 1. The van der Waals surface area contributed by atoms with Crippen molar-refractivity contribution in [3.8, 4) is 0 Å². The molecule has 27 heavy (non-hydrogen) atoms. The molecule has 1 aromatic heterocycles. The van der Waals surface area contributed by atoms with Gasteiger partial charge in [-0.3, -0.25) is 9.80 Å². The third-order valence-corrected chi connectivity index (χ3v) is 6.00. The highest BCUT2D eigenvalue weighted by Crippen LogP contribution is 2.32. The fourth-order valence-corrected chi connectivity index (χ4v) is 4.34. The molecule has 1 spiro atoms. The molecule has 2 saturated heterocycles. The molecule has 0 aromatic carbocycles. The van der Waals surface area contributed by atoms with Gasteiger partial charge in [-0.2, -0.15) is 0 Å². The van der Waals surface area contributed by atoms with Crippen molar-refractivity contribution in [3.05, 3.63) is 18.2 Å². The molecule has 7 heteroatoms. The third-order valence-electron chi connectivity index (χ3n) is 6.00. The second kappa shape index (κ2) is 8.61. The molecule has 0 saturated carbocycles. The average molecular weight is 378 g/mol. The number of hydrogen-bond acceptors (Lipinski definition) is 5. The van der Waals surface area contributed by atoms with Gasteiger partial charge in [-0.25, -0.2) is 9.78 Å². The van der Waals surface area contributed by atoms with Crippen molar-refractivity contribution in [1.29, 1.82) is 0 Å². The third kappa shape index (κ3) is 4.63. The van der Waals surface area contributed by atoms with E-state index >= 15 is 0 Å². The molecule has 0 unspecified atom stereocenters. The number of rotatable bonds is 5. The van der Waals surface area contributed by atoms with E-state index in [1.54, 1.807) is 0 Å². The van der Waals surface area contributed by atoms with Crippen LogP contribution in [-0.4, -0.2) is 81.8 Å². The molecule has 2 fully saturated rings. The predicted molar refractivity (Wildman–Crippen MR) is 106 cm³/mol. The number of imidazole rings is 1. The minimum absolute atomic E-state index is 0.0619. The molecule has 0 aliphatic carbocycles. The van der Waals surface area contributed by atoms with Crippen molar-refractivity contribution >= 4 is 6.09 Å². The maximum atomic E-state index is 12.2. The molecule has 152 valence electrons. The van der Waals surface area contributed by atoms with Crippen LogP contribution in [0.4, 0.5) is 4.79 Å². The summed E-state index contributed by atoms with van der Waals surface area (Å²) in [7, 11) is 2.23. The Kier molecular flexibility index (Phi) is 6.42. The number of carbonyl (C=O) groups is 1. The van der Waals surface area contributed by atoms with Crippen molar-refractivity contribution in [2.75, 3.05) is 39.8 Å². The Balaban J connectivity index is 1.60. The van der Waals surface area contributed by atoms with Crippen LogP contribution in [0.3, 0.4) is 0 Å². The lowest BCUT2D eigenvalue weighted by atomic mass is 9.84. The summed E-state index contributed by atoms with van der Waals surface area (Å²) < 4.78 is 7.64. The van der Waals surface area contributed by atoms with Crippen LogP contribution in [0.5, 0.6) is 0 Å². The lowest BCUT2D eigenvalue weighted by Crippen LogP contribution is -2.64. The molecular weight excluding hydrogens is 342 g/mol. The van der Waals surface area contributed by atoms with E-state index in [-0.39, 0.29) is 17.7 Å². The summed E-state index contributed by atoms with van der Waals surface area (Å²) in [4.78, 5) is 23.7. The van der Waals surface area contributed by atoms with E-state index in [1.165, 1.54) is 0 Å². The van der Waals surface area contributed by atoms with Crippen molar-refractivity contribution in [3.63, 3.8) is 0 Å². The fraction of sp³-hybridized carbons (Fsp3) is 0.800. The van der Waals surface area contributed by atoms with Gasteiger partial charge in [0.2, 0.25) is 0 Å². The highest BCUT2D eigenvalue weighted by Gasteiger charge is 2.43. The quantitative estimate of drug-likeness (QED) is 0.789. The van der Waals surface area contributed by atoms with Gasteiger partial charge in [-0.05, 0) is 40.2 Å². The summed E-state index contributed by atoms with van der Waals surface area (Å²) in [5.41, 5.74) is 0.148. The molecule has 1 aromatic rings. The van der Waals surface area contributed by atoms with Crippen molar-refractivity contribution < 1.29 is 9.53 Å². The zero-order chi connectivity index (χ0) is 19.4. The second-order valence-corrected chi connectivity index (χ2v) is 8.31. The molecule has 0 atom stereocenters. The summed E-state index contributed by atoms with van der Waals surface area (Å²) >= 11 is 0. The predicted octanol–water partition coefficient (Wildman–Crippen LogP) is 2.42. The Bertz CT molecular complexity index is 622. The van der Waals surface area contributed by atoms with Crippen LogP contribution >= 0.6 is 0 Å². The van der Waals surface area contributed by atoms with Crippen molar-refractivity contribution in [1.82, 2.24) is 24.3 Å². The highest BCUT2D eigenvalue weighted by atomic mass is 16.6.